The predicted octanol–water partition coefficient (Wildman–Crippen LogP) is 2.25. The lowest BCUT2D eigenvalue weighted by Crippen LogP contribution is -2.46. The van der Waals surface area contributed by atoms with Crippen LogP contribution in [0.3, 0.4) is 0 Å². The van der Waals surface area contributed by atoms with E-state index in [1.807, 2.05) is 11.8 Å². The summed E-state index contributed by atoms with van der Waals surface area (Å²) >= 11 is 0. The minimum atomic E-state index is -3.65. The molecule has 150 valence electrons. The van der Waals surface area contributed by atoms with Gasteiger partial charge in [-0.2, -0.15) is 4.31 Å². The molecule has 2 aliphatic rings. The van der Waals surface area contributed by atoms with E-state index in [1.54, 1.807) is 0 Å². The van der Waals surface area contributed by atoms with Crippen LogP contribution in [0.2, 0.25) is 0 Å². The Kier molecular flexibility index (Phi) is 6.49. The summed E-state index contributed by atoms with van der Waals surface area (Å²) in [5.41, 5.74) is 0. The first-order valence-corrected chi connectivity index (χ1v) is 11.0. The van der Waals surface area contributed by atoms with Gasteiger partial charge in [-0.25, -0.2) is 12.8 Å². The average molecular weight is 399 g/mol. The summed E-state index contributed by atoms with van der Waals surface area (Å²) < 4.78 is 45.4. The zero-order valence-corrected chi connectivity index (χ0v) is 16.5. The van der Waals surface area contributed by atoms with Gasteiger partial charge in [0.25, 0.3) is 0 Å². The lowest BCUT2D eigenvalue weighted by molar-refractivity contribution is -0.138. The van der Waals surface area contributed by atoms with Crippen molar-refractivity contribution in [1.82, 2.24) is 9.21 Å². The van der Waals surface area contributed by atoms with Crippen LogP contribution in [0.1, 0.15) is 32.6 Å². The van der Waals surface area contributed by atoms with E-state index in [2.05, 4.69) is 0 Å². The summed E-state index contributed by atoms with van der Waals surface area (Å²) in [6.07, 6.45) is 3.14. The number of halogens is 1. The summed E-state index contributed by atoms with van der Waals surface area (Å²) in [7, 11) is -3.65. The molecule has 0 aromatic heterocycles. The van der Waals surface area contributed by atoms with Crippen molar-refractivity contribution >= 4 is 15.9 Å². The molecule has 2 saturated heterocycles. The lowest BCUT2D eigenvalue weighted by Gasteiger charge is -2.34. The fourth-order valence-electron chi connectivity index (χ4n) is 3.77. The smallest absolute Gasteiger partial charge is 0.243 e. The first-order valence-electron chi connectivity index (χ1n) is 9.58. The minimum Gasteiger partial charge on any atom is -0.376 e. The molecule has 0 aliphatic carbocycles. The van der Waals surface area contributed by atoms with E-state index in [4.69, 9.17) is 4.74 Å². The normalized spacial score (nSPS) is 22.1. The summed E-state index contributed by atoms with van der Waals surface area (Å²) in [5, 5.41) is 0. The zero-order chi connectivity index (χ0) is 19.4. The molecule has 1 amide bonds. The molecule has 2 aliphatic heterocycles. The standard InChI is InChI=1S/C19H27FN2O4S/c1-2-21(14-17-4-3-13-26-17)19(23)15-9-11-22(12-10-15)27(24,25)18-7-5-16(20)6-8-18/h5-8,15,17H,2-4,9-14H2,1H3. The van der Waals surface area contributed by atoms with E-state index in [1.165, 1.54) is 16.4 Å². The molecule has 1 aromatic carbocycles. The SMILES string of the molecule is CCN(CC1CCCO1)C(=O)C1CCN(S(=O)(=O)c2ccc(F)cc2)CC1. The third-order valence-corrected chi connectivity index (χ3v) is 7.31. The summed E-state index contributed by atoms with van der Waals surface area (Å²) in [6, 6.07) is 4.85. The van der Waals surface area contributed by atoms with Crippen LogP contribution in [0.15, 0.2) is 29.2 Å². The van der Waals surface area contributed by atoms with Gasteiger partial charge in [0, 0.05) is 38.7 Å². The van der Waals surface area contributed by atoms with Crippen molar-refractivity contribution in [3.05, 3.63) is 30.1 Å². The highest BCUT2D eigenvalue weighted by Crippen LogP contribution is 2.26. The number of ether oxygens (including phenoxy) is 1. The lowest BCUT2D eigenvalue weighted by atomic mass is 9.96. The number of hydrogen-bond acceptors (Lipinski definition) is 4. The monoisotopic (exact) mass is 398 g/mol. The van der Waals surface area contributed by atoms with E-state index in [0.29, 0.717) is 39.0 Å². The fraction of sp³-hybridized carbons (Fsp3) is 0.632. The van der Waals surface area contributed by atoms with Crippen molar-refractivity contribution in [2.75, 3.05) is 32.8 Å². The molecular formula is C19H27FN2O4S. The van der Waals surface area contributed by atoms with Crippen molar-refractivity contribution in [1.29, 1.82) is 0 Å². The second-order valence-electron chi connectivity index (χ2n) is 7.14. The third kappa shape index (κ3) is 4.67. The van der Waals surface area contributed by atoms with Gasteiger partial charge in [-0.1, -0.05) is 0 Å². The molecule has 27 heavy (non-hydrogen) atoms. The number of sulfonamides is 1. The third-order valence-electron chi connectivity index (χ3n) is 5.40. The number of hydrogen-bond donors (Lipinski definition) is 0. The van der Waals surface area contributed by atoms with E-state index in [0.717, 1.165) is 31.6 Å². The molecular weight excluding hydrogens is 371 g/mol. The van der Waals surface area contributed by atoms with Crippen LogP contribution >= 0.6 is 0 Å². The van der Waals surface area contributed by atoms with Gasteiger partial charge >= 0.3 is 0 Å². The molecule has 8 heteroatoms. The number of amides is 1. The van der Waals surface area contributed by atoms with E-state index >= 15 is 0 Å². The largest absolute Gasteiger partial charge is 0.376 e. The van der Waals surface area contributed by atoms with E-state index < -0.39 is 15.8 Å². The Labute approximate surface area is 160 Å². The summed E-state index contributed by atoms with van der Waals surface area (Å²) in [5.74, 6) is -0.540. The molecule has 0 bridgehead atoms. The highest BCUT2D eigenvalue weighted by Gasteiger charge is 2.34. The predicted molar refractivity (Wildman–Crippen MR) is 99.1 cm³/mol. The minimum absolute atomic E-state index is 0.0854. The average Bonchev–Trinajstić information content (AvgIpc) is 3.19. The fourth-order valence-corrected chi connectivity index (χ4v) is 5.24. The van der Waals surface area contributed by atoms with Crippen LogP contribution in [0.5, 0.6) is 0 Å². The molecule has 0 radical (unpaired) electrons. The van der Waals surface area contributed by atoms with Crippen LogP contribution in [-0.4, -0.2) is 62.4 Å². The molecule has 2 heterocycles. The molecule has 0 spiro atoms. The Morgan fingerprint density at radius 1 is 1.22 bits per heavy atom. The van der Waals surface area contributed by atoms with Crippen LogP contribution in [0.4, 0.5) is 4.39 Å². The molecule has 3 rings (SSSR count). The quantitative estimate of drug-likeness (QED) is 0.737. The zero-order valence-electron chi connectivity index (χ0n) is 15.6. The second-order valence-corrected chi connectivity index (χ2v) is 9.08. The van der Waals surface area contributed by atoms with Gasteiger partial charge in [0.15, 0.2) is 0 Å². The van der Waals surface area contributed by atoms with Crippen molar-refractivity contribution in [3.8, 4) is 0 Å². The van der Waals surface area contributed by atoms with Crippen LogP contribution in [-0.2, 0) is 19.6 Å². The number of likely N-dealkylation sites (N-methyl/N-ethyl adjacent to an activating group) is 1. The Morgan fingerprint density at radius 3 is 2.44 bits per heavy atom. The van der Waals surface area contributed by atoms with Crippen molar-refractivity contribution < 1.29 is 22.3 Å². The van der Waals surface area contributed by atoms with Crippen LogP contribution in [0, 0.1) is 11.7 Å². The highest BCUT2D eigenvalue weighted by molar-refractivity contribution is 7.89. The number of nitrogens with zero attached hydrogens (tertiary/aromatic N) is 2. The molecule has 6 nitrogen and oxygen atoms in total. The van der Waals surface area contributed by atoms with Gasteiger partial charge in [0.2, 0.25) is 15.9 Å². The number of rotatable bonds is 6. The number of piperidine rings is 1. The van der Waals surface area contributed by atoms with Crippen LogP contribution < -0.4 is 0 Å². The Bertz CT molecular complexity index is 739. The van der Waals surface area contributed by atoms with E-state index in [9.17, 15) is 17.6 Å². The van der Waals surface area contributed by atoms with Gasteiger partial charge in [-0.05, 0) is 56.9 Å². The first-order chi connectivity index (χ1) is 12.9. The highest BCUT2D eigenvalue weighted by atomic mass is 32.2. The second kappa shape index (κ2) is 8.67. The molecule has 1 aromatic rings. The summed E-state index contributed by atoms with van der Waals surface area (Å²) in [6.45, 7) is 4.56. The number of carbonyl (C=O) groups is 1. The maximum atomic E-state index is 13.1. The maximum absolute atomic E-state index is 13.1. The van der Waals surface area contributed by atoms with Gasteiger partial charge in [-0.15, -0.1) is 0 Å². The van der Waals surface area contributed by atoms with Crippen LogP contribution in [0.25, 0.3) is 0 Å². The Morgan fingerprint density at radius 2 is 1.89 bits per heavy atom. The molecule has 1 atom stereocenters. The first kappa shape index (κ1) is 20.2. The Hall–Kier alpha value is -1.51. The molecule has 2 fully saturated rings. The van der Waals surface area contributed by atoms with Crippen molar-refractivity contribution in [3.63, 3.8) is 0 Å². The van der Waals surface area contributed by atoms with Crippen molar-refractivity contribution in [2.24, 2.45) is 5.92 Å². The number of carbonyl (C=O) groups excluding carboxylic acids is 1. The maximum Gasteiger partial charge on any atom is 0.243 e. The summed E-state index contributed by atoms with van der Waals surface area (Å²) in [4.78, 5) is 14.8. The number of benzene rings is 1. The van der Waals surface area contributed by atoms with E-state index in [-0.39, 0.29) is 22.8 Å². The van der Waals surface area contributed by atoms with Gasteiger partial charge < -0.3 is 9.64 Å². The van der Waals surface area contributed by atoms with Crippen molar-refractivity contribution in [2.45, 2.75) is 43.6 Å². The Balaban J connectivity index is 1.58. The molecule has 1 unspecified atom stereocenters. The van der Waals surface area contributed by atoms with Gasteiger partial charge in [0.1, 0.15) is 5.82 Å². The van der Waals surface area contributed by atoms with Gasteiger partial charge in [0.05, 0.1) is 11.0 Å². The molecule has 0 N–H and O–H groups in total. The topological polar surface area (TPSA) is 66.9 Å². The van der Waals surface area contributed by atoms with Gasteiger partial charge in [-0.3, -0.25) is 4.79 Å². The molecule has 0 saturated carbocycles.